The molecule has 0 radical (unpaired) electrons. The lowest BCUT2D eigenvalue weighted by atomic mass is 10.1. The van der Waals surface area contributed by atoms with Crippen LogP contribution < -0.4 is 4.74 Å². The van der Waals surface area contributed by atoms with Crippen LogP contribution >= 0.6 is 35.6 Å². The van der Waals surface area contributed by atoms with Crippen molar-refractivity contribution in [3.8, 4) is 17.1 Å². The van der Waals surface area contributed by atoms with Crippen LogP contribution in [0.25, 0.3) is 17.4 Å². The molecular formula is C27H22ClNO5S2. The van der Waals surface area contributed by atoms with E-state index in [1.165, 1.54) is 36.7 Å². The van der Waals surface area contributed by atoms with E-state index in [1.807, 2.05) is 24.3 Å². The van der Waals surface area contributed by atoms with E-state index < -0.39 is 5.97 Å². The number of hydrogen-bond donors (Lipinski definition) is 1. The van der Waals surface area contributed by atoms with Gasteiger partial charge >= 0.3 is 5.97 Å². The fourth-order valence-electron chi connectivity index (χ4n) is 3.74. The molecule has 2 fully saturated rings. The number of ether oxygens (including phenoxy) is 1. The molecule has 0 bridgehead atoms. The Morgan fingerprint density at radius 2 is 1.97 bits per heavy atom. The molecule has 184 valence electrons. The van der Waals surface area contributed by atoms with Gasteiger partial charge in [-0.25, -0.2) is 4.79 Å². The third-order valence-corrected chi connectivity index (χ3v) is 7.69. The molecule has 36 heavy (non-hydrogen) atoms. The normalized spacial score (nSPS) is 16.7. The van der Waals surface area contributed by atoms with Crippen molar-refractivity contribution in [1.29, 1.82) is 0 Å². The van der Waals surface area contributed by atoms with Crippen LogP contribution in [-0.4, -0.2) is 39.4 Å². The number of carbonyl (C=O) groups excluding carboxylic acids is 1. The molecule has 0 atom stereocenters. The number of carboxylic acid groups (broad SMARTS) is 1. The fourth-order valence-corrected chi connectivity index (χ4v) is 5.23. The average molecular weight is 540 g/mol. The highest BCUT2D eigenvalue weighted by molar-refractivity contribution is 8.26. The van der Waals surface area contributed by atoms with E-state index in [2.05, 4.69) is 0 Å². The number of thiocarbonyl (C=S) groups is 1. The topological polar surface area (TPSA) is 80.0 Å². The lowest BCUT2D eigenvalue weighted by Gasteiger charge is -2.14. The van der Waals surface area contributed by atoms with Crippen LogP contribution in [0, 0.1) is 5.92 Å². The molecule has 1 aromatic heterocycles. The van der Waals surface area contributed by atoms with Gasteiger partial charge in [0.05, 0.1) is 22.1 Å². The lowest BCUT2D eigenvalue weighted by Crippen LogP contribution is -2.30. The maximum Gasteiger partial charge on any atom is 0.337 e. The van der Waals surface area contributed by atoms with Crippen molar-refractivity contribution in [3.05, 3.63) is 81.4 Å². The maximum absolute atomic E-state index is 13.0. The molecule has 1 saturated heterocycles. The number of aromatic carboxylic acids is 1. The number of furan rings is 1. The molecular weight excluding hydrogens is 518 g/mol. The fraction of sp³-hybridized carbons (Fsp3) is 0.222. The average Bonchev–Trinajstić information content (AvgIpc) is 3.52. The second-order valence-corrected chi connectivity index (χ2v) is 10.8. The van der Waals surface area contributed by atoms with E-state index in [0.717, 1.165) is 17.9 Å². The van der Waals surface area contributed by atoms with Gasteiger partial charge in [-0.15, -0.1) is 0 Å². The van der Waals surface area contributed by atoms with Gasteiger partial charge in [0, 0.05) is 18.2 Å². The van der Waals surface area contributed by atoms with Crippen LogP contribution in [0.1, 0.15) is 34.5 Å². The number of rotatable bonds is 9. The van der Waals surface area contributed by atoms with E-state index in [4.69, 9.17) is 33.0 Å². The van der Waals surface area contributed by atoms with Crippen molar-refractivity contribution in [1.82, 2.24) is 4.90 Å². The Balaban J connectivity index is 1.22. The molecule has 1 saturated carbocycles. The first-order valence-corrected chi connectivity index (χ1v) is 13.1. The van der Waals surface area contributed by atoms with Crippen LogP contribution in [-0.2, 0) is 11.2 Å². The van der Waals surface area contributed by atoms with E-state index >= 15 is 0 Å². The van der Waals surface area contributed by atoms with Gasteiger partial charge in [-0.3, -0.25) is 9.69 Å². The zero-order valence-electron chi connectivity index (χ0n) is 19.1. The Bertz CT molecular complexity index is 1360. The van der Waals surface area contributed by atoms with Crippen LogP contribution in [0.3, 0.4) is 0 Å². The number of amides is 1. The molecule has 0 spiro atoms. The van der Waals surface area contributed by atoms with Crippen molar-refractivity contribution in [2.24, 2.45) is 5.92 Å². The van der Waals surface area contributed by atoms with Crippen LogP contribution in [0.15, 0.2) is 63.9 Å². The molecule has 1 N–H and O–H groups in total. The van der Waals surface area contributed by atoms with Gasteiger partial charge < -0.3 is 14.3 Å². The Morgan fingerprint density at radius 3 is 2.69 bits per heavy atom. The first kappa shape index (κ1) is 24.6. The first-order valence-electron chi connectivity index (χ1n) is 11.5. The van der Waals surface area contributed by atoms with Gasteiger partial charge in [0.25, 0.3) is 5.91 Å². The van der Waals surface area contributed by atoms with Crippen molar-refractivity contribution in [2.75, 3.05) is 13.2 Å². The quantitative estimate of drug-likeness (QED) is 0.244. The number of nitrogens with zero attached hydrogens (tertiary/aromatic N) is 1. The smallest absolute Gasteiger partial charge is 0.337 e. The standard InChI is InChI=1S/C27H22ClNO5S2/c28-22-9-5-18(13-21(22)26(31)32)23-10-8-20(34-23)14-24-25(30)29(27(35)36-24)12-11-16-3-6-19(7-4-16)33-15-17-1-2-17/h3-10,13-14,17H,1-2,11-12,15H2,(H,31,32)/b24-14-. The molecule has 1 aliphatic heterocycles. The van der Waals surface area contributed by atoms with E-state index in [1.54, 1.807) is 29.2 Å². The number of halogens is 1. The highest BCUT2D eigenvalue weighted by Crippen LogP contribution is 2.34. The lowest BCUT2D eigenvalue weighted by molar-refractivity contribution is -0.122. The molecule has 1 amide bonds. The summed E-state index contributed by atoms with van der Waals surface area (Å²) in [5.41, 5.74) is 1.67. The van der Waals surface area contributed by atoms with Crippen LogP contribution in [0.4, 0.5) is 0 Å². The monoisotopic (exact) mass is 539 g/mol. The van der Waals surface area contributed by atoms with Crippen molar-refractivity contribution in [3.63, 3.8) is 0 Å². The molecule has 3 aromatic rings. The third kappa shape index (κ3) is 5.67. The predicted molar refractivity (Wildman–Crippen MR) is 144 cm³/mol. The third-order valence-electron chi connectivity index (χ3n) is 5.99. The Hall–Kier alpha value is -3.07. The van der Waals surface area contributed by atoms with Crippen molar-refractivity contribution >= 4 is 57.9 Å². The number of hydrogen-bond acceptors (Lipinski definition) is 6. The van der Waals surface area contributed by atoms with Gasteiger partial charge in [-0.05, 0) is 73.2 Å². The van der Waals surface area contributed by atoms with E-state index in [0.29, 0.717) is 45.2 Å². The second kappa shape index (κ2) is 10.5. The summed E-state index contributed by atoms with van der Waals surface area (Å²) >= 11 is 12.6. The first-order chi connectivity index (χ1) is 17.4. The summed E-state index contributed by atoms with van der Waals surface area (Å²) in [6.45, 7) is 1.26. The maximum atomic E-state index is 13.0. The number of thioether (sulfide) groups is 1. The molecule has 1 aliphatic carbocycles. The Morgan fingerprint density at radius 1 is 1.19 bits per heavy atom. The highest BCUT2D eigenvalue weighted by Gasteiger charge is 2.32. The van der Waals surface area contributed by atoms with Gasteiger partial charge in [0.1, 0.15) is 21.6 Å². The summed E-state index contributed by atoms with van der Waals surface area (Å²) in [4.78, 5) is 26.4. The summed E-state index contributed by atoms with van der Waals surface area (Å²) in [5.74, 6) is 1.25. The van der Waals surface area contributed by atoms with Gasteiger partial charge in [-0.2, -0.15) is 0 Å². The molecule has 2 heterocycles. The molecule has 0 unspecified atom stereocenters. The molecule has 2 aromatic carbocycles. The minimum Gasteiger partial charge on any atom is -0.493 e. The van der Waals surface area contributed by atoms with Crippen LogP contribution in [0.5, 0.6) is 5.75 Å². The van der Waals surface area contributed by atoms with Crippen molar-refractivity contribution in [2.45, 2.75) is 19.3 Å². The zero-order valence-corrected chi connectivity index (χ0v) is 21.5. The number of benzene rings is 2. The number of carbonyl (C=O) groups is 2. The van der Waals surface area contributed by atoms with Crippen molar-refractivity contribution < 1.29 is 23.8 Å². The van der Waals surface area contributed by atoms with E-state index in [9.17, 15) is 14.7 Å². The summed E-state index contributed by atoms with van der Waals surface area (Å²) in [6, 6.07) is 16.1. The molecule has 5 rings (SSSR count). The molecule has 2 aliphatic rings. The van der Waals surface area contributed by atoms with Gasteiger partial charge in [0.2, 0.25) is 0 Å². The largest absolute Gasteiger partial charge is 0.493 e. The van der Waals surface area contributed by atoms with Gasteiger partial charge in [0.15, 0.2) is 0 Å². The minimum absolute atomic E-state index is 0.00610. The number of carboxylic acids is 1. The predicted octanol–water partition coefficient (Wildman–Crippen LogP) is 6.53. The van der Waals surface area contributed by atoms with Gasteiger partial charge in [-0.1, -0.05) is 47.7 Å². The van der Waals surface area contributed by atoms with E-state index in [-0.39, 0.29) is 16.5 Å². The highest BCUT2D eigenvalue weighted by atomic mass is 35.5. The second-order valence-electron chi connectivity index (χ2n) is 8.68. The summed E-state index contributed by atoms with van der Waals surface area (Å²) in [6.07, 6.45) is 4.85. The summed E-state index contributed by atoms with van der Waals surface area (Å²) in [5, 5.41) is 9.45. The summed E-state index contributed by atoms with van der Waals surface area (Å²) in [7, 11) is 0. The minimum atomic E-state index is -1.12. The molecule has 6 nitrogen and oxygen atoms in total. The Labute approximate surface area is 222 Å². The van der Waals surface area contributed by atoms with Crippen LogP contribution in [0.2, 0.25) is 5.02 Å². The Kier molecular flexibility index (Phi) is 7.18. The summed E-state index contributed by atoms with van der Waals surface area (Å²) < 4.78 is 12.1. The zero-order chi connectivity index (χ0) is 25.2. The SMILES string of the molecule is O=C(O)c1cc(-c2ccc(/C=C3\SC(=S)N(CCc4ccc(OCC5CC5)cc4)C3=O)o2)ccc1Cl. The molecule has 9 heteroatoms.